The molecule has 0 aliphatic carbocycles. The smallest absolute Gasteiger partial charge is 0.140 e. The molecule has 0 fully saturated rings. The molecule has 0 bridgehead atoms. The van der Waals surface area contributed by atoms with E-state index in [9.17, 15) is 4.39 Å². The normalized spacial score (nSPS) is 10.9. The van der Waals surface area contributed by atoms with Gasteiger partial charge in [-0.05, 0) is 29.8 Å². The second kappa shape index (κ2) is 5.56. The Morgan fingerprint density at radius 1 is 1.20 bits per heavy atom. The fourth-order valence-electron chi connectivity index (χ4n) is 1.95. The molecule has 0 saturated heterocycles. The summed E-state index contributed by atoms with van der Waals surface area (Å²) in [7, 11) is 0. The lowest BCUT2D eigenvalue weighted by Gasteiger charge is -2.06. The zero-order chi connectivity index (χ0) is 13.9. The SMILES string of the molecule is NCc1cc(F)cc(OCc2nc3ccccc3s2)c1. The number of thiazole rings is 1. The van der Waals surface area contributed by atoms with Crippen LogP contribution in [0.15, 0.2) is 42.5 Å². The van der Waals surface area contributed by atoms with Crippen LogP contribution in [0.2, 0.25) is 0 Å². The Morgan fingerprint density at radius 2 is 2.05 bits per heavy atom. The van der Waals surface area contributed by atoms with Crippen molar-refractivity contribution in [3.05, 3.63) is 58.9 Å². The van der Waals surface area contributed by atoms with Gasteiger partial charge in [-0.25, -0.2) is 9.37 Å². The summed E-state index contributed by atoms with van der Waals surface area (Å²) >= 11 is 1.58. The maximum atomic E-state index is 13.4. The van der Waals surface area contributed by atoms with Gasteiger partial charge in [0.25, 0.3) is 0 Å². The van der Waals surface area contributed by atoms with E-state index in [0.717, 1.165) is 15.2 Å². The van der Waals surface area contributed by atoms with Crippen LogP contribution < -0.4 is 10.5 Å². The maximum Gasteiger partial charge on any atom is 0.140 e. The van der Waals surface area contributed by atoms with Gasteiger partial charge in [0, 0.05) is 12.6 Å². The number of fused-ring (bicyclic) bond motifs is 1. The van der Waals surface area contributed by atoms with Crippen LogP contribution in [0.1, 0.15) is 10.6 Å². The Kier molecular flexibility index (Phi) is 3.62. The molecule has 0 unspecified atom stereocenters. The van der Waals surface area contributed by atoms with Gasteiger partial charge in [0.2, 0.25) is 0 Å². The summed E-state index contributed by atoms with van der Waals surface area (Å²) in [5.41, 5.74) is 7.18. The zero-order valence-corrected chi connectivity index (χ0v) is 11.5. The van der Waals surface area contributed by atoms with Gasteiger partial charge in [0.1, 0.15) is 23.2 Å². The Hall–Kier alpha value is -1.98. The zero-order valence-electron chi connectivity index (χ0n) is 10.7. The summed E-state index contributed by atoms with van der Waals surface area (Å²) in [6.07, 6.45) is 0. The summed E-state index contributed by atoms with van der Waals surface area (Å²) in [5.74, 6) is 0.136. The second-order valence-electron chi connectivity index (χ2n) is 4.36. The Morgan fingerprint density at radius 3 is 2.85 bits per heavy atom. The van der Waals surface area contributed by atoms with E-state index in [-0.39, 0.29) is 12.4 Å². The van der Waals surface area contributed by atoms with Crippen LogP contribution in [0.3, 0.4) is 0 Å². The molecule has 3 rings (SSSR count). The molecular formula is C15H13FN2OS. The number of hydrogen-bond acceptors (Lipinski definition) is 4. The van der Waals surface area contributed by atoms with Crippen molar-refractivity contribution in [3.8, 4) is 5.75 Å². The molecule has 0 aliphatic heterocycles. The lowest BCUT2D eigenvalue weighted by atomic mass is 10.2. The predicted octanol–water partition coefficient (Wildman–Crippen LogP) is 3.47. The second-order valence-corrected chi connectivity index (χ2v) is 5.48. The molecule has 20 heavy (non-hydrogen) atoms. The fraction of sp³-hybridized carbons (Fsp3) is 0.133. The number of halogens is 1. The van der Waals surface area contributed by atoms with Gasteiger partial charge in [0.15, 0.2) is 0 Å². The number of ether oxygens (including phenoxy) is 1. The highest BCUT2D eigenvalue weighted by Gasteiger charge is 2.05. The quantitative estimate of drug-likeness (QED) is 0.799. The van der Waals surface area contributed by atoms with Crippen molar-refractivity contribution in [1.82, 2.24) is 4.98 Å². The van der Waals surface area contributed by atoms with Crippen LogP contribution in [-0.2, 0) is 13.2 Å². The van der Waals surface area contributed by atoms with E-state index in [1.807, 2.05) is 24.3 Å². The third-order valence-corrected chi connectivity index (χ3v) is 3.88. The van der Waals surface area contributed by atoms with E-state index in [4.69, 9.17) is 10.5 Å². The predicted molar refractivity (Wildman–Crippen MR) is 78.2 cm³/mol. The van der Waals surface area contributed by atoms with E-state index in [2.05, 4.69) is 4.98 Å². The molecular weight excluding hydrogens is 275 g/mol. The summed E-state index contributed by atoms with van der Waals surface area (Å²) in [6.45, 7) is 0.613. The molecule has 5 heteroatoms. The topological polar surface area (TPSA) is 48.1 Å². The monoisotopic (exact) mass is 288 g/mol. The number of para-hydroxylation sites is 1. The van der Waals surface area contributed by atoms with Crippen LogP contribution in [0.4, 0.5) is 4.39 Å². The van der Waals surface area contributed by atoms with Crippen LogP contribution in [0, 0.1) is 5.82 Å². The van der Waals surface area contributed by atoms with Gasteiger partial charge in [-0.15, -0.1) is 11.3 Å². The molecule has 0 amide bonds. The van der Waals surface area contributed by atoms with Crippen LogP contribution in [0.5, 0.6) is 5.75 Å². The average molecular weight is 288 g/mol. The third-order valence-electron chi connectivity index (χ3n) is 2.87. The Bertz CT molecular complexity index is 709. The minimum atomic E-state index is -0.341. The molecule has 1 heterocycles. The fourth-order valence-corrected chi connectivity index (χ4v) is 2.83. The molecule has 1 aromatic heterocycles. The first kappa shape index (κ1) is 13.0. The molecule has 0 saturated carbocycles. The highest BCUT2D eigenvalue weighted by atomic mass is 32.1. The number of nitrogens with zero attached hydrogens (tertiary/aromatic N) is 1. The van der Waals surface area contributed by atoms with Crippen molar-refractivity contribution in [2.75, 3.05) is 0 Å². The molecule has 2 aromatic carbocycles. The van der Waals surface area contributed by atoms with Crippen molar-refractivity contribution in [3.63, 3.8) is 0 Å². The van der Waals surface area contributed by atoms with Gasteiger partial charge in [-0.2, -0.15) is 0 Å². The molecule has 102 valence electrons. The lowest BCUT2D eigenvalue weighted by molar-refractivity contribution is 0.304. The highest BCUT2D eigenvalue weighted by Crippen LogP contribution is 2.23. The number of nitrogens with two attached hydrogens (primary N) is 1. The largest absolute Gasteiger partial charge is 0.486 e. The van der Waals surface area contributed by atoms with E-state index >= 15 is 0 Å². The maximum absolute atomic E-state index is 13.4. The molecule has 0 spiro atoms. The summed E-state index contributed by atoms with van der Waals surface area (Å²) in [5, 5.41) is 0.866. The van der Waals surface area contributed by atoms with Gasteiger partial charge < -0.3 is 10.5 Å². The summed E-state index contributed by atoms with van der Waals surface area (Å²) in [4.78, 5) is 4.47. The van der Waals surface area contributed by atoms with Gasteiger partial charge in [-0.3, -0.25) is 0 Å². The number of rotatable bonds is 4. The van der Waals surface area contributed by atoms with Crippen molar-refractivity contribution in [2.24, 2.45) is 5.73 Å². The Balaban J connectivity index is 1.77. The van der Waals surface area contributed by atoms with Gasteiger partial charge >= 0.3 is 0 Å². The first-order valence-electron chi connectivity index (χ1n) is 6.21. The van der Waals surface area contributed by atoms with Gasteiger partial charge in [0.05, 0.1) is 10.2 Å². The van der Waals surface area contributed by atoms with E-state index < -0.39 is 0 Å². The number of aromatic nitrogens is 1. The molecule has 0 atom stereocenters. The van der Waals surface area contributed by atoms with Crippen molar-refractivity contribution in [2.45, 2.75) is 13.2 Å². The van der Waals surface area contributed by atoms with Crippen molar-refractivity contribution in [1.29, 1.82) is 0 Å². The Labute approximate surface area is 119 Å². The van der Waals surface area contributed by atoms with Crippen molar-refractivity contribution >= 4 is 21.6 Å². The average Bonchev–Trinajstić information content (AvgIpc) is 2.87. The van der Waals surface area contributed by atoms with Crippen LogP contribution >= 0.6 is 11.3 Å². The van der Waals surface area contributed by atoms with Gasteiger partial charge in [-0.1, -0.05) is 12.1 Å². The van der Waals surface area contributed by atoms with E-state index in [0.29, 0.717) is 17.9 Å². The number of benzene rings is 2. The minimum absolute atomic E-state index is 0.287. The van der Waals surface area contributed by atoms with Crippen LogP contribution in [-0.4, -0.2) is 4.98 Å². The van der Waals surface area contributed by atoms with Crippen LogP contribution in [0.25, 0.3) is 10.2 Å². The standard InChI is InChI=1S/C15H13FN2OS/c16-11-5-10(8-17)6-12(7-11)19-9-15-18-13-3-1-2-4-14(13)20-15/h1-7H,8-9,17H2. The third kappa shape index (κ3) is 2.79. The van der Waals surface area contributed by atoms with Crippen molar-refractivity contribution < 1.29 is 9.13 Å². The summed E-state index contributed by atoms with van der Waals surface area (Å²) in [6, 6.07) is 12.4. The molecule has 3 aromatic rings. The van der Waals surface area contributed by atoms with E-state index in [1.54, 1.807) is 17.4 Å². The number of hydrogen-bond donors (Lipinski definition) is 1. The minimum Gasteiger partial charge on any atom is -0.486 e. The first-order chi connectivity index (χ1) is 9.74. The summed E-state index contributed by atoms with van der Waals surface area (Å²) < 4.78 is 20.1. The molecule has 2 N–H and O–H groups in total. The highest BCUT2D eigenvalue weighted by molar-refractivity contribution is 7.18. The lowest BCUT2D eigenvalue weighted by Crippen LogP contribution is -2.00. The molecule has 3 nitrogen and oxygen atoms in total. The molecule has 0 aliphatic rings. The molecule has 0 radical (unpaired) electrons. The van der Waals surface area contributed by atoms with E-state index in [1.165, 1.54) is 12.1 Å². The first-order valence-corrected chi connectivity index (χ1v) is 7.03.